The standard InChI is InChI=1S/C18H20FNO4/c1-22-15-4-3-5-16(18(15)23-2)24-11-10-20-17(21)12-13-6-8-14(19)9-7-13/h3-9H,10-12H2,1-2H3,(H,20,21). The number of amides is 1. The fourth-order valence-corrected chi connectivity index (χ4v) is 2.17. The molecule has 0 atom stereocenters. The Morgan fingerprint density at radius 3 is 2.42 bits per heavy atom. The normalized spacial score (nSPS) is 10.1. The first kappa shape index (κ1) is 17.6. The fourth-order valence-electron chi connectivity index (χ4n) is 2.17. The van der Waals surface area contributed by atoms with Crippen LogP contribution in [0.25, 0.3) is 0 Å². The van der Waals surface area contributed by atoms with Gasteiger partial charge in [-0.15, -0.1) is 0 Å². The Balaban J connectivity index is 1.78. The summed E-state index contributed by atoms with van der Waals surface area (Å²) < 4.78 is 28.9. The van der Waals surface area contributed by atoms with Gasteiger partial charge in [0.2, 0.25) is 11.7 Å². The van der Waals surface area contributed by atoms with Gasteiger partial charge >= 0.3 is 0 Å². The Bertz CT molecular complexity index is 673. The molecule has 6 heteroatoms. The molecule has 24 heavy (non-hydrogen) atoms. The molecule has 0 radical (unpaired) electrons. The zero-order valence-electron chi connectivity index (χ0n) is 13.7. The van der Waals surface area contributed by atoms with Crippen LogP contribution in [-0.2, 0) is 11.2 Å². The zero-order valence-corrected chi connectivity index (χ0v) is 13.7. The molecule has 0 unspecified atom stereocenters. The van der Waals surface area contributed by atoms with E-state index in [2.05, 4.69) is 5.32 Å². The Kier molecular flexibility index (Phi) is 6.42. The lowest BCUT2D eigenvalue weighted by Gasteiger charge is -2.13. The van der Waals surface area contributed by atoms with Crippen LogP contribution in [0.1, 0.15) is 5.56 Å². The van der Waals surface area contributed by atoms with Crippen LogP contribution >= 0.6 is 0 Å². The van der Waals surface area contributed by atoms with E-state index < -0.39 is 0 Å². The van der Waals surface area contributed by atoms with Crippen LogP contribution in [0.3, 0.4) is 0 Å². The molecule has 2 rings (SSSR count). The van der Waals surface area contributed by atoms with E-state index >= 15 is 0 Å². The van der Waals surface area contributed by atoms with E-state index in [0.29, 0.717) is 30.4 Å². The Labute approximate surface area is 140 Å². The lowest BCUT2D eigenvalue weighted by molar-refractivity contribution is -0.120. The number of rotatable bonds is 8. The average molecular weight is 333 g/mol. The van der Waals surface area contributed by atoms with E-state index in [0.717, 1.165) is 5.56 Å². The average Bonchev–Trinajstić information content (AvgIpc) is 2.60. The van der Waals surface area contributed by atoms with Gasteiger partial charge in [0.05, 0.1) is 27.2 Å². The second-order valence-electron chi connectivity index (χ2n) is 4.99. The molecule has 2 aromatic rings. The van der Waals surface area contributed by atoms with Gasteiger partial charge in [-0.2, -0.15) is 0 Å². The Morgan fingerprint density at radius 1 is 1.04 bits per heavy atom. The van der Waals surface area contributed by atoms with Crippen molar-refractivity contribution in [2.24, 2.45) is 0 Å². The molecule has 0 heterocycles. The van der Waals surface area contributed by atoms with Crippen LogP contribution in [-0.4, -0.2) is 33.3 Å². The number of carbonyl (C=O) groups excluding carboxylic acids is 1. The lowest BCUT2D eigenvalue weighted by atomic mass is 10.1. The van der Waals surface area contributed by atoms with Crippen LogP contribution in [0, 0.1) is 5.82 Å². The molecule has 0 aliphatic carbocycles. The number of benzene rings is 2. The van der Waals surface area contributed by atoms with E-state index in [9.17, 15) is 9.18 Å². The molecule has 0 aliphatic rings. The van der Waals surface area contributed by atoms with E-state index in [1.165, 1.54) is 19.2 Å². The van der Waals surface area contributed by atoms with Crippen LogP contribution in [0.5, 0.6) is 17.2 Å². The van der Waals surface area contributed by atoms with Crippen molar-refractivity contribution in [3.05, 3.63) is 53.8 Å². The summed E-state index contributed by atoms with van der Waals surface area (Å²) >= 11 is 0. The molecule has 5 nitrogen and oxygen atoms in total. The number of carbonyl (C=O) groups is 1. The number of para-hydroxylation sites is 1. The summed E-state index contributed by atoms with van der Waals surface area (Å²) in [7, 11) is 3.09. The number of hydrogen-bond acceptors (Lipinski definition) is 4. The van der Waals surface area contributed by atoms with Crippen molar-refractivity contribution >= 4 is 5.91 Å². The van der Waals surface area contributed by atoms with Gasteiger partial charge in [0.15, 0.2) is 11.5 Å². The molecule has 0 fully saturated rings. The third kappa shape index (κ3) is 4.87. The Morgan fingerprint density at radius 2 is 1.75 bits per heavy atom. The van der Waals surface area contributed by atoms with Crippen molar-refractivity contribution in [1.82, 2.24) is 5.32 Å². The Hall–Kier alpha value is -2.76. The van der Waals surface area contributed by atoms with Crippen molar-refractivity contribution in [3.8, 4) is 17.2 Å². The molecule has 0 saturated carbocycles. The van der Waals surface area contributed by atoms with Gasteiger partial charge in [-0.3, -0.25) is 4.79 Å². The number of halogens is 1. The molecule has 2 aromatic carbocycles. The topological polar surface area (TPSA) is 56.8 Å². The van der Waals surface area contributed by atoms with E-state index in [1.54, 1.807) is 37.4 Å². The maximum Gasteiger partial charge on any atom is 0.224 e. The molecule has 0 aromatic heterocycles. The summed E-state index contributed by atoms with van der Waals surface area (Å²) in [5.74, 6) is 1.17. The molecule has 1 N–H and O–H groups in total. The zero-order chi connectivity index (χ0) is 17.4. The maximum absolute atomic E-state index is 12.8. The maximum atomic E-state index is 12.8. The minimum atomic E-state index is -0.320. The van der Waals surface area contributed by atoms with E-state index in [4.69, 9.17) is 14.2 Å². The summed E-state index contributed by atoms with van der Waals surface area (Å²) in [4.78, 5) is 11.8. The highest BCUT2D eigenvalue weighted by atomic mass is 19.1. The largest absolute Gasteiger partial charge is 0.493 e. The van der Waals surface area contributed by atoms with Gasteiger partial charge in [-0.1, -0.05) is 18.2 Å². The number of nitrogens with one attached hydrogen (secondary N) is 1. The van der Waals surface area contributed by atoms with Gasteiger partial charge in [0.1, 0.15) is 12.4 Å². The number of methoxy groups -OCH3 is 2. The van der Waals surface area contributed by atoms with Gasteiger partial charge in [-0.05, 0) is 29.8 Å². The van der Waals surface area contributed by atoms with Crippen molar-refractivity contribution < 1.29 is 23.4 Å². The number of hydrogen-bond donors (Lipinski definition) is 1. The molecule has 128 valence electrons. The monoisotopic (exact) mass is 333 g/mol. The fraction of sp³-hybridized carbons (Fsp3) is 0.278. The second kappa shape index (κ2) is 8.76. The third-order valence-electron chi connectivity index (χ3n) is 3.33. The minimum Gasteiger partial charge on any atom is -0.493 e. The molecule has 0 aliphatic heterocycles. The van der Waals surface area contributed by atoms with Crippen molar-refractivity contribution in [2.75, 3.05) is 27.4 Å². The predicted molar refractivity (Wildman–Crippen MR) is 88.2 cm³/mol. The van der Waals surface area contributed by atoms with Gasteiger partial charge < -0.3 is 19.5 Å². The molecular formula is C18H20FNO4. The summed E-state index contributed by atoms with van der Waals surface area (Å²) in [6.45, 7) is 0.638. The highest BCUT2D eigenvalue weighted by Crippen LogP contribution is 2.36. The van der Waals surface area contributed by atoms with Crippen molar-refractivity contribution in [3.63, 3.8) is 0 Å². The first-order chi connectivity index (χ1) is 11.6. The predicted octanol–water partition coefficient (Wildman–Crippen LogP) is 2.58. The first-order valence-corrected chi connectivity index (χ1v) is 7.49. The van der Waals surface area contributed by atoms with Crippen molar-refractivity contribution in [2.45, 2.75) is 6.42 Å². The quantitative estimate of drug-likeness (QED) is 0.755. The van der Waals surface area contributed by atoms with Crippen molar-refractivity contribution in [1.29, 1.82) is 0 Å². The minimum absolute atomic E-state index is 0.150. The van der Waals surface area contributed by atoms with Crippen LogP contribution in [0.15, 0.2) is 42.5 Å². The lowest BCUT2D eigenvalue weighted by Crippen LogP contribution is -2.29. The molecule has 1 amide bonds. The van der Waals surface area contributed by atoms with Crippen LogP contribution in [0.4, 0.5) is 4.39 Å². The van der Waals surface area contributed by atoms with Gasteiger partial charge in [0.25, 0.3) is 0 Å². The first-order valence-electron chi connectivity index (χ1n) is 7.49. The summed E-state index contributed by atoms with van der Waals surface area (Å²) in [6, 6.07) is 11.2. The SMILES string of the molecule is COc1cccc(OCCNC(=O)Cc2ccc(F)cc2)c1OC. The highest BCUT2D eigenvalue weighted by molar-refractivity contribution is 5.78. The number of ether oxygens (including phenoxy) is 3. The molecule has 0 bridgehead atoms. The summed E-state index contributed by atoms with van der Waals surface area (Å²) in [5.41, 5.74) is 0.754. The highest BCUT2D eigenvalue weighted by Gasteiger charge is 2.10. The summed E-state index contributed by atoms with van der Waals surface area (Å²) in [5, 5.41) is 2.75. The molecule has 0 spiro atoms. The molecule has 0 saturated heterocycles. The molecular weight excluding hydrogens is 313 g/mol. The van der Waals surface area contributed by atoms with E-state index in [1.807, 2.05) is 0 Å². The van der Waals surface area contributed by atoms with Crippen LogP contribution < -0.4 is 19.5 Å². The van der Waals surface area contributed by atoms with E-state index in [-0.39, 0.29) is 18.1 Å². The third-order valence-corrected chi connectivity index (χ3v) is 3.33. The summed E-state index contributed by atoms with van der Waals surface area (Å²) in [6.07, 6.45) is 0.197. The second-order valence-corrected chi connectivity index (χ2v) is 4.99. The smallest absolute Gasteiger partial charge is 0.224 e. The van der Waals surface area contributed by atoms with Crippen LogP contribution in [0.2, 0.25) is 0 Å². The van der Waals surface area contributed by atoms with Gasteiger partial charge in [-0.25, -0.2) is 4.39 Å². The van der Waals surface area contributed by atoms with Gasteiger partial charge in [0, 0.05) is 0 Å².